The molecule has 0 aromatic carbocycles. The Morgan fingerprint density at radius 3 is 3.00 bits per heavy atom. The average molecular weight is 332 g/mol. The number of nitrogens with one attached hydrogen (secondary N) is 2. The molecule has 0 aliphatic carbocycles. The first kappa shape index (κ1) is 15.9. The normalized spacial score (nSPS) is 21.9. The van der Waals surface area contributed by atoms with Crippen LogP contribution in [0.25, 0.3) is 9.88 Å². The minimum atomic E-state index is -0.218. The molecule has 7 heteroatoms. The van der Waals surface area contributed by atoms with Crippen molar-refractivity contribution in [1.29, 1.82) is 0 Å². The Morgan fingerprint density at radius 1 is 1.40 bits per heavy atom. The first-order valence-electron chi connectivity index (χ1n) is 6.40. The standard InChI is InChI=1S/C13H17N3OS2.ClH/c17-11-7-15-5-9(11)4-14-6-10-8-19-13(16-10)12-2-1-3-18-12;/h1-3,8-9,11,14-15,17H,4-7H2;1H. The van der Waals surface area contributed by atoms with E-state index in [1.165, 1.54) is 4.88 Å². The molecular weight excluding hydrogens is 314 g/mol. The first-order valence-corrected chi connectivity index (χ1v) is 8.16. The maximum Gasteiger partial charge on any atom is 0.133 e. The van der Waals surface area contributed by atoms with E-state index in [0.29, 0.717) is 12.5 Å². The average Bonchev–Trinajstić information content (AvgIpc) is 3.11. The topological polar surface area (TPSA) is 57.2 Å². The molecule has 110 valence electrons. The van der Waals surface area contributed by atoms with Crippen LogP contribution < -0.4 is 10.6 Å². The lowest BCUT2D eigenvalue weighted by Crippen LogP contribution is -2.30. The van der Waals surface area contributed by atoms with E-state index in [2.05, 4.69) is 32.4 Å². The molecule has 0 bridgehead atoms. The fraction of sp³-hybridized carbons (Fsp3) is 0.462. The van der Waals surface area contributed by atoms with Crippen molar-refractivity contribution in [2.24, 2.45) is 5.92 Å². The predicted molar refractivity (Wildman–Crippen MR) is 86.7 cm³/mol. The molecule has 4 nitrogen and oxygen atoms in total. The van der Waals surface area contributed by atoms with Gasteiger partial charge in [0, 0.05) is 37.5 Å². The van der Waals surface area contributed by atoms with Gasteiger partial charge in [0.05, 0.1) is 16.7 Å². The summed E-state index contributed by atoms with van der Waals surface area (Å²) < 4.78 is 0. The number of thiazole rings is 1. The van der Waals surface area contributed by atoms with Crippen LogP contribution in [0.15, 0.2) is 22.9 Å². The van der Waals surface area contributed by atoms with Crippen molar-refractivity contribution in [2.75, 3.05) is 19.6 Å². The van der Waals surface area contributed by atoms with Gasteiger partial charge < -0.3 is 15.7 Å². The van der Waals surface area contributed by atoms with Gasteiger partial charge in [-0.2, -0.15) is 0 Å². The van der Waals surface area contributed by atoms with Gasteiger partial charge in [-0.15, -0.1) is 35.1 Å². The van der Waals surface area contributed by atoms with E-state index in [-0.39, 0.29) is 18.5 Å². The van der Waals surface area contributed by atoms with Crippen LogP contribution >= 0.6 is 35.1 Å². The Hall–Kier alpha value is -0.500. The largest absolute Gasteiger partial charge is 0.391 e. The minimum absolute atomic E-state index is 0. The Morgan fingerprint density at radius 2 is 2.30 bits per heavy atom. The molecule has 1 saturated heterocycles. The molecule has 2 atom stereocenters. The summed E-state index contributed by atoms with van der Waals surface area (Å²) >= 11 is 3.41. The fourth-order valence-corrected chi connectivity index (χ4v) is 3.85. The molecule has 0 radical (unpaired) electrons. The molecule has 0 amide bonds. The molecule has 3 heterocycles. The van der Waals surface area contributed by atoms with Crippen molar-refractivity contribution in [1.82, 2.24) is 15.6 Å². The number of hydrogen-bond acceptors (Lipinski definition) is 6. The van der Waals surface area contributed by atoms with Crippen molar-refractivity contribution in [2.45, 2.75) is 12.6 Å². The summed E-state index contributed by atoms with van der Waals surface area (Å²) in [4.78, 5) is 5.85. The Balaban J connectivity index is 0.00000147. The van der Waals surface area contributed by atoms with E-state index >= 15 is 0 Å². The molecule has 1 aliphatic heterocycles. The van der Waals surface area contributed by atoms with Crippen LogP contribution in [0, 0.1) is 5.92 Å². The van der Waals surface area contributed by atoms with Gasteiger partial charge in [-0.3, -0.25) is 0 Å². The highest BCUT2D eigenvalue weighted by Crippen LogP contribution is 2.27. The van der Waals surface area contributed by atoms with Crippen LogP contribution in [0.5, 0.6) is 0 Å². The number of β-amino-alcohol motifs (C(OH)–C–C–N with tert-alkyl or cyclic N) is 1. The number of nitrogens with zero attached hydrogens (tertiary/aromatic N) is 1. The number of thiophene rings is 1. The summed E-state index contributed by atoms with van der Waals surface area (Å²) in [6.45, 7) is 3.21. The molecule has 2 unspecified atom stereocenters. The third kappa shape index (κ3) is 3.78. The van der Waals surface area contributed by atoms with E-state index in [4.69, 9.17) is 0 Å². The van der Waals surface area contributed by atoms with Gasteiger partial charge in [-0.05, 0) is 11.4 Å². The van der Waals surface area contributed by atoms with Crippen LogP contribution in [0.1, 0.15) is 5.69 Å². The lowest BCUT2D eigenvalue weighted by atomic mass is 10.1. The summed E-state index contributed by atoms with van der Waals surface area (Å²) in [6.07, 6.45) is -0.218. The Bertz CT molecular complexity index is 517. The predicted octanol–water partition coefficient (Wildman–Crippen LogP) is 1.96. The maximum absolute atomic E-state index is 9.70. The molecule has 0 saturated carbocycles. The zero-order valence-corrected chi connectivity index (χ0v) is 13.4. The molecule has 2 aromatic rings. The van der Waals surface area contributed by atoms with Crippen LogP contribution in [0.4, 0.5) is 0 Å². The first-order chi connectivity index (χ1) is 9.33. The van der Waals surface area contributed by atoms with Crippen LogP contribution in [-0.2, 0) is 6.54 Å². The summed E-state index contributed by atoms with van der Waals surface area (Å²) in [5, 5.41) is 21.5. The monoisotopic (exact) mass is 331 g/mol. The van der Waals surface area contributed by atoms with Gasteiger partial charge in [-0.1, -0.05) is 6.07 Å². The number of halogens is 1. The number of aromatic nitrogens is 1. The molecule has 1 fully saturated rings. The lowest BCUT2D eigenvalue weighted by Gasteiger charge is -2.13. The van der Waals surface area contributed by atoms with E-state index < -0.39 is 0 Å². The molecule has 0 spiro atoms. The van der Waals surface area contributed by atoms with Gasteiger partial charge in [0.15, 0.2) is 0 Å². The van der Waals surface area contributed by atoms with Crippen LogP contribution in [-0.4, -0.2) is 35.8 Å². The number of rotatable bonds is 5. The van der Waals surface area contributed by atoms with Crippen LogP contribution in [0.3, 0.4) is 0 Å². The number of aliphatic hydroxyl groups is 1. The number of aliphatic hydroxyl groups excluding tert-OH is 1. The SMILES string of the molecule is Cl.OC1CNCC1CNCc1csc(-c2cccs2)n1. The zero-order valence-electron chi connectivity index (χ0n) is 10.9. The Kier molecular flexibility index (Phi) is 5.95. The van der Waals surface area contributed by atoms with Crippen molar-refractivity contribution in [3.05, 3.63) is 28.6 Å². The summed E-state index contributed by atoms with van der Waals surface area (Å²) in [5.74, 6) is 0.315. The van der Waals surface area contributed by atoms with Crippen molar-refractivity contribution >= 4 is 35.1 Å². The second-order valence-corrected chi connectivity index (χ2v) is 6.54. The molecular formula is C13H18ClN3OS2. The van der Waals surface area contributed by atoms with Gasteiger partial charge >= 0.3 is 0 Å². The highest BCUT2D eigenvalue weighted by atomic mass is 35.5. The maximum atomic E-state index is 9.70. The molecule has 3 rings (SSSR count). The minimum Gasteiger partial charge on any atom is -0.391 e. The second-order valence-electron chi connectivity index (χ2n) is 4.74. The van der Waals surface area contributed by atoms with Gasteiger partial charge in [0.25, 0.3) is 0 Å². The third-order valence-corrected chi connectivity index (χ3v) is 5.23. The summed E-state index contributed by atoms with van der Waals surface area (Å²) in [7, 11) is 0. The van der Waals surface area contributed by atoms with Gasteiger partial charge in [0.2, 0.25) is 0 Å². The smallest absolute Gasteiger partial charge is 0.133 e. The highest BCUT2D eigenvalue weighted by Gasteiger charge is 2.24. The number of hydrogen-bond donors (Lipinski definition) is 3. The van der Waals surface area contributed by atoms with Crippen LogP contribution in [0.2, 0.25) is 0 Å². The fourth-order valence-electron chi connectivity index (χ4n) is 2.21. The molecule has 20 heavy (non-hydrogen) atoms. The third-order valence-electron chi connectivity index (χ3n) is 3.30. The Labute approximate surface area is 132 Å². The lowest BCUT2D eigenvalue weighted by molar-refractivity contribution is 0.146. The van der Waals surface area contributed by atoms with Gasteiger partial charge in [0.1, 0.15) is 5.01 Å². The van der Waals surface area contributed by atoms with Crippen molar-refractivity contribution in [3.63, 3.8) is 0 Å². The van der Waals surface area contributed by atoms with Gasteiger partial charge in [-0.25, -0.2) is 4.98 Å². The molecule has 1 aliphatic rings. The summed E-state index contributed by atoms with van der Waals surface area (Å²) in [5.41, 5.74) is 1.08. The van der Waals surface area contributed by atoms with E-state index in [1.807, 2.05) is 6.07 Å². The molecule has 2 aromatic heterocycles. The quantitative estimate of drug-likeness (QED) is 0.784. The zero-order chi connectivity index (χ0) is 13.1. The van der Waals surface area contributed by atoms with E-state index in [0.717, 1.165) is 30.3 Å². The summed E-state index contributed by atoms with van der Waals surface area (Å²) in [6, 6.07) is 4.15. The van der Waals surface area contributed by atoms with E-state index in [9.17, 15) is 5.11 Å². The second kappa shape index (κ2) is 7.49. The molecule has 3 N–H and O–H groups in total. The van der Waals surface area contributed by atoms with Crippen molar-refractivity contribution < 1.29 is 5.11 Å². The van der Waals surface area contributed by atoms with Crippen molar-refractivity contribution in [3.8, 4) is 9.88 Å². The van der Waals surface area contributed by atoms with E-state index in [1.54, 1.807) is 22.7 Å². The highest BCUT2D eigenvalue weighted by molar-refractivity contribution is 7.20.